The Bertz CT molecular complexity index is 859. The molecule has 0 aliphatic rings. The second-order valence-electron chi connectivity index (χ2n) is 5.49. The van der Waals surface area contributed by atoms with E-state index in [1.165, 1.54) is 0 Å². The van der Waals surface area contributed by atoms with Gasteiger partial charge in [0.15, 0.2) is 5.11 Å². The van der Waals surface area contributed by atoms with Crippen LogP contribution in [0.4, 0.5) is 5.69 Å². The van der Waals surface area contributed by atoms with Crippen molar-refractivity contribution in [3.05, 3.63) is 64.5 Å². The van der Waals surface area contributed by atoms with Gasteiger partial charge in [-0.25, -0.2) is 4.98 Å². The number of thiazole rings is 1. The fourth-order valence-corrected chi connectivity index (χ4v) is 3.17. The maximum atomic E-state index is 5.39. The van der Waals surface area contributed by atoms with Crippen molar-refractivity contribution in [2.45, 2.75) is 13.5 Å². The highest BCUT2D eigenvalue weighted by atomic mass is 32.1. The van der Waals surface area contributed by atoms with Gasteiger partial charge in [0.1, 0.15) is 5.75 Å². The summed E-state index contributed by atoms with van der Waals surface area (Å²) in [5.74, 6) is 0.846. The van der Waals surface area contributed by atoms with E-state index in [-0.39, 0.29) is 0 Å². The molecule has 1 heterocycles. The standard InChI is InChI=1S/C19H19N3OS2/c1-13-21-18(12-25-13)15-4-3-5-16(10-15)22-19(24)20-11-14-6-8-17(23-2)9-7-14/h3-10,12H,11H2,1-2H3,(H2,20,22,24). The van der Waals surface area contributed by atoms with Crippen molar-refractivity contribution < 1.29 is 4.74 Å². The average Bonchev–Trinajstić information content (AvgIpc) is 3.07. The van der Waals surface area contributed by atoms with Crippen LogP contribution in [0.2, 0.25) is 0 Å². The molecule has 0 aliphatic heterocycles. The van der Waals surface area contributed by atoms with Crippen LogP contribution in [0, 0.1) is 6.92 Å². The summed E-state index contributed by atoms with van der Waals surface area (Å²) in [6, 6.07) is 16.0. The number of nitrogens with zero attached hydrogens (tertiary/aromatic N) is 1. The predicted molar refractivity (Wildman–Crippen MR) is 108 cm³/mol. The number of ether oxygens (including phenoxy) is 1. The molecule has 4 nitrogen and oxygen atoms in total. The number of nitrogens with one attached hydrogen (secondary N) is 2. The molecule has 0 fully saturated rings. The van der Waals surface area contributed by atoms with Gasteiger partial charge in [-0.1, -0.05) is 24.3 Å². The molecule has 0 amide bonds. The second-order valence-corrected chi connectivity index (χ2v) is 6.96. The molecule has 0 saturated heterocycles. The van der Waals surface area contributed by atoms with Gasteiger partial charge >= 0.3 is 0 Å². The zero-order valence-corrected chi connectivity index (χ0v) is 15.7. The molecular formula is C19H19N3OS2. The summed E-state index contributed by atoms with van der Waals surface area (Å²) < 4.78 is 5.16. The van der Waals surface area contributed by atoms with E-state index in [1.54, 1.807) is 18.4 Å². The Morgan fingerprint density at radius 1 is 1.20 bits per heavy atom. The third-order valence-corrected chi connectivity index (χ3v) is 4.67. The van der Waals surface area contributed by atoms with E-state index in [0.29, 0.717) is 11.7 Å². The number of benzene rings is 2. The van der Waals surface area contributed by atoms with Crippen molar-refractivity contribution >= 4 is 34.4 Å². The number of aromatic nitrogens is 1. The minimum Gasteiger partial charge on any atom is -0.497 e. The van der Waals surface area contributed by atoms with Crippen LogP contribution in [-0.2, 0) is 6.54 Å². The predicted octanol–water partition coefficient (Wildman–Crippen LogP) is 4.61. The zero-order valence-electron chi connectivity index (χ0n) is 14.1. The van der Waals surface area contributed by atoms with Gasteiger partial charge in [-0.15, -0.1) is 11.3 Å². The van der Waals surface area contributed by atoms with E-state index in [1.807, 2.05) is 49.4 Å². The summed E-state index contributed by atoms with van der Waals surface area (Å²) in [7, 11) is 1.66. The molecule has 3 rings (SSSR count). The van der Waals surface area contributed by atoms with Crippen molar-refractivity contribution in [3.63, 3.8) is 0 Å². The number of methoxy groups -OCH3 is 1. The first kappa shape index (κ1) is 17.4. The van der Waals surface area contributed by atoms with Crippen LogP contribution in [0.3, 0.4) is 0 Å². The van der Waals surface area contributed by atoms with Crippen LogP contribution in [0.25, 0.3) is 11.3 Å². The first-order chi connectivity index (χ1) is 12.1. The van der Waals surface area contributed by atoms with Gasteiger partial charge in [-0.2, -0.15) is 0 Å². The number of rotatable bonds is 5. The van der Waals surface area contributed by atoms with Crippen molar-refractivity contribution in [3.8, 4) is 17.0 Å². The minimum absolute atomic E-state index is 0.586. The Morgan fingerprint density at radius 2 is 2.00 bits per heavy atom. The van der Waals surface area contributed by atoms with E-state index >= 15 is 0 Å². The van der Waals surface area contributed by atoms with Gasteiger partial charge in [0.25, 0.3) is 0 Å². The van der Waals surface area contributed by atoms with E-state index in [2.05, 4.69) is 27.1 Å². The number of aryl methyl sites for hydroxylation is 1. The molecule has 0 spiro atoms. The van der Waals surface area contributed by atoms with Crippen molar-refractivity contribution in [1.29, 1.82) is 0 Å². The lowest BCUT2D eigenvalue weighted by molar-refractivity contribution is 0.414. The maximum absolute atomic E-state index is 5.39. The summed E-state index contributed by atoms with van der Waals surface area (Å²) in [6.07, 6.45) is 0. The van der Waals surface area contributed by atoms with Crippen molar-refractivity contribution in [2.24, 2.45) is 0 Å². The summed E-state index contributed by atoms with van der Waals surface area (Å²) in [6.45, 7) is 2.66. The summed E-state index contributed by atoms with van der Waals surface area (Å²) in [5.41, 5.74) is 4.14. The third kappa shape index (κ3) is 4.78. The van der Waals surface area contributed by atoms with Gasteiger partial charge in [0, 0.05) is 23.2 Å². The Morgan fingerprint density at radius 3 is 2.68 bits per heavy atom. The van der Waals surface area contributed by atoms with Crippen molar-refractivity contribution in [2.75, 3.05) is 12.4 Å². The first-order valence-electron chi connectivity index (χ1n) is 7.84. The number of hydrogen-bond donors (Lipinski definition) is 2. The lowest BCUT2D eigenvalue weighted by Crippen LogP contribution is -2.27. The van der Waals surface area contributed by atoms with Gasteiger partial charge in [0.05, 0.1) is 17.8 Å². The van der Waals surface area contributed by atoms with Crippen LogP contribution < -0.4 is 15.4 Å². The third-order valence-electron chi connectivity index (χ3n) is 3.65. The molecule has 1 aromatic heterocycles. The van der Waals surface area contributed by atoms with Crippen LogP contribution in [0.1, 0.15) is 10.6 Å². The van der Waals surface area contributed by atoms with Crippen LogP contribution in [0.5, 0.6) is 5.75 Å². The molecule has 0 saturated carbocycles. The van der Waals surface area contributed by atoms with Gasteiger partial charge in [0.2, 0.25) is 0 Å². The summed E-state index contributed by atoms with van der Waals surface area (Å²) in [4.78, 5) is 4.52. The molecule has 0 radical (unpaired) electrons. The maximum Gasteiger partial charge on any atom is 0.171 e. The second kappa shape index (κ2) is 8.09. The Kier molecular flexibility index (Phi) is 5.63. The first-order valence-corrected chi connectivity index (χ1v) is 9.13. The van der Waals surface area contributed by atoms with E-state index in [0.717, 1.165) is 33.3 Å². The average molecular weight is 370 g/mol. The molecule has 3 aromatic rings. The fourth-order valence-electron chi connectivity index (χ4n) is 2.35. The number of hydrogen-bond acceptors (Lipinski definition) is 4. The molecule has 0 atom stereocenters. The SMILES string of the molecule is COc1ccc(CNC(=S)Nc2cccc(-c3csc(C)n3)c2)cc1. The molecule has 0 bridgehead atoms. The lowest BCUT2D eigenvalue weighted by atomic mass is 10.1. The largest absolute Gasteiger partial charge is 0.497 e. The summed E-state index contributed by atoms with van der Waals surface area (Å²) in [5, 5.41) is 10.1. The normalized spacial score (nSPS) is 10.3. The highest BCUT2D eigenvalue weighted by Crippen LogP contribution is 2.24. The number of thiocarbonyl (C=S) groups is 1. The highest BCUT2D eigenvalue weighted by Gasteiger charge is 2.04. The smallest absolute Gasteiger partial charge is 0.171 e. The van der Waals surface area contributed by atoms with Gasteiger partial charge < -0.3 is 15.4 Å². The Balaban J connectivity index is 1.59. The van der Waals surface area contributed by atoms with E-state index in [4.69, 9.17) is 17.0 Å². The van der Waals surface area contributed by atoms with Crippen LogP contribution in [-0.4, -0.2) is 17.2 Å². The Labute approximate surface area is 156 Å². The molecule has 0 unspecified atom stereocenters. The lowest BCUT2D eigenvalue weighted by Gasteiger charge is -2.11. The monoisotopic (exact) mass is 369 g/mol. The van der Waals surface area contributed by atoms with Gasteiger partial charge in [-0.3, -0.25) is 0 Å². The Hall–Kier alpha value is -2.44. The molecule has 25 heavy (non-hydrogen) atoms. The molecule has 0 aliphatic carbocycles. The van der Waals surface area contributed by atoms with E-state index < -0.39 is 0 Å². The molecule has 2 aromatic carbocycles. The van der Waals surface area contributed by atoms with Crippen molar-refractivity contribution in [1.82, 2.24) is 10.3 Å². The van der Waals surface area contributed by atoms with Gasteiger partial charge in [-0.05, 0) is 49.0 Å². The summed E-state index contributed by atoms with van der Waals surface area (Å²) >= 11 is 7.04. The quantitative estimate of drug-likeness (QED) is 0.643. The fraction of sp³-hybridized carbons (Fsp3) is 0.158. The molecule has 6 heteroatoms. The number of anilines is 1. The molecule has 128 valence electrons. The van der Waals surface area contributed by atoms with Crippen LogP contribution >= 0.6 is 23.6 Å². The minimum atomic E-state index is 0.586. The van der Waals surface area contributed by atoms with E-state index in [9.17, 15) is 0 Å². The topological polar surface area (TPSA) is 46.2 Å². The highest BCUT2D eigenvalue weighted by molar-refractivity contribution is 7.80. The van der Waals surface area contributed by atoms with Crippen LogP contribution in [0.15, 0.2) is 53.9 Å². The molecular weight excluding hydrogens is 350 g/mol. The zero-order chi connectivity index (χ0) is 17.6. The molecule has 2 N–H and O–H groups in total.